The van der Waals surface area contributed by atoms with Crippen molar-refractivity contribution in [1.82, 2.24) is 5.32 Å². The first-order valence-corrected chi connectivity index (χ1v) is 8.28. The Morgan fingerprint density at radius 2 is 1.90 bits per heavy atom. The van der Waals surface area contributed by atoms with Crippen LogP contribution in [0.15, 0.2) is 46.9 Å². The summed E-state index contributed by atoms with van der Waals surface area (Å²) >= 11 is 5.67. The second-order valence-corrected chi connectivity index (χ2v) is 6.70. The van der Waals surface area contributed by atoms with Crippen molar-refractivity contribution in [3.8, 4) is 5.75 Å². The third-order valence-electron chi connectivity index (χ3n) is 3.13. The summed E-state index contributed by atoms with van der Waals surface area (Å²) in [5.74, 6) is 0.695. The molecule has 0 aliphatic carbocycles. The predicted octanol–water partition coefficient (Wildman–Crippen LogP) is 4.55. The molecule has 2 aromatic rings. The predicted molar refractivity (Wildman–Crippen MR) is 95.7 cm³/mol. The lowest BCUT2D eigenvalue weighted by atomic mass is 10.1. The number of rotatable bonds is 4. The summed E-state index contributed by atoms with van der Waals surface area (Å²) in [6, 6.07) is 13.2. The van der Waals surface area contributed by atoms with Gasteiger partial charge in [0.15, 0.2) is 0 Å². The molecule has 0 bridgehead atoms. The molecular weight excluding hydrogens is 445 g/mol. The number of methoxy groups -OCH3 is 1. The van der Waals surface area contributed by atoms with E-state index in [1.807, 2.05) is 49.4 Å². The maximum absolute atomic E-state index is 12.2. The average molecular weight is 460 g/mol. The Labute approximate surface area is 146 Å². The van der Waals surface area contributed by atoms with Crippen LogP contribution in [0.3, 0.4) is 0 Å². The number of amides is 1. The monoisotopic (exact) mass is 459 g/mol. The van der Waals surface area contributed by atoms with Crippen LogP contribution in [-0.2, 0) is 0 Å². The number of hydrogen-bond donors (Lipinski definition) is 1. The summed E-state index contributed by atoms with van der Waals surface area (Å²) in [5, 5.41) is 2.99. The second kappa shape index (κ2) is 7.26. The van der Waals surface area contributed by atoms with Crippen molar-refractivity contribution >= 4 is 44.4 Å². The smallest absolute Gasteiger partial charge is 0.251 e. The van der Waals surface area contributed by atoms with E-state index in [0.29, 0.717) is 5.56 Å². The fourth-order valence-corrected chi connectivity index (χ4v) is 2.83. The molecule has 0 fully saturated rings. The van der Waals surface area contributed by atoms with E-state index in [9.17, 15) is 4.79 Å². The Kier molecular flexibility index (Phi) is 5.64. The fraction of sp³-hybridized carbons (Fsp3) is 0.188. The molecular formula is C16H15BrINO2. The zero-order chi connectivity index (χ0) is 15.4. The first-order valence-electron chi connectivity index (χ1n) is 6.41. The van der Waals surface area contributed by atoms with Gasteiger partial charge in [0, 0.05) is 9.13 Å². The molecule has 5 heteroatoms. The minimum Gasteiger partial charge on any atom is -0.496 e. The van der Waals surface area contributed by atoms with Gasteiger partial charge in [0.25, 0.3) is 5.91 Å². The van der Waals surface area contributed by atoms with Gasteiger partial charge in [0.2, 0.25) is 0 Å². The van der Waals surface area contributed by atoms with Crippen molar-refractivity contribution in [3.63, 3.8) is 0 Å². The molecule has 0 heterocycles. The highest BCUT2D eigenvalue weighted by molar-refractivity contribution is 14.1. The van der Waals surface area contributed by atoms with Crippen molar-refractivity contribution < 1.29 is 9.53 Å². The van der Waals surface area contributed by atoms with Crippen LogP contribution in [0.2, 0.25) is 0 Å². The lowest BCUT2D eigenvalue weighted by Crippen LogP contribution is -2.26. The second-order valence-electron chi connectivity index (χ2n) is 4.60. The van der Waals surface area contributed by atoms with Crippen LogP contribution >= 0.6 is 38.5 Å². The van der Waals surface area contributed by atoms with E-state index < -0.39 is 0 Å². The van der Waals surface area contributed by atoms with Crippen LogP contribution in [0.25, 0.3) is 0 Å². The first kappa shape index (κ1) is 16.3. The van der Waals surface area contributed by atoms with Gasteiger partial charge in [-0.05, 0) is 87.4 Å². The molecule has 0 saturated heterocycles. The summed E-state index contributed by atoms with van der Waals surface area (Å²) in [7, 11) is 1.63. The van der Waals surface area contributed by atoms with Crippen LogP contribution in [-0.4, -0.2) is 13.0 Å². The Morgan fingerprint density at radius 3 is 2.48 bits per heavy atom. The zero-order valence-corrected chi connectivity index (χ0v) is 15.4. The number of carbonyl (C=O) groups excluding carboxylic acids is 1. The molecule has 3 nitrogen and oxygen atoms in total. The molecule has 110 valence electrons. The molecule has 0 aliphatic heterocycles. The van der Waals surface area contributed by atoms with Gasteiger partial charge in [-0.1, -0.05) is 6.07 Å². The van der Waals surface area contributed by atoms with Crippen molar-refractivity contribution in [1.29, 1.82) is 0 Å². The lowest BCUT2D eigenvalue weighted by Gasteiger charge is -2.15. The van der Waals surface area contributed by atoms with Crippen molar-refractivity contribution in [2.24, 2.45) is 0 Å². The van der Waals surface area contributed by atoms with Crippen molar-refractivity contribution in [3.05, 3.63) is 61.6 Å². The molecule has 2 aromatic carbocycles. The van der Waals surface area contributed by atoms with Crippen molar-refractivity contribution in [2.45, 2.75) is 13.0 Å². The third-order valence-corrected chi connectivity index (χ3v) is 4.47. The van der Waals surface area contributed by atoms with Crippen LogP contribution in [0.4, 0.5) is 0 Å². The molecule has 1 atom stereocenters. The number of carbonyl (C=O) groups is 1. The molecule has 1 amide bonds. The maximum Gasteiger partial charge on any atom is 0.251 e. The molecule has 1 unspecified atom stereocenters. The Bertz CT molecular complexity index is 643. The Balaban J connectivity index is 2.10. The SMILES string of the molecule is COc1ccc(C(C)NC(=O)c2ccc(I)cc2)cc1Br. The van der Waals surface area contributed by atoms with Gasteiger partial charge in [-0.15, -0.1) is 0 Å². The molecule has 0 radical (unpaired) electrons. The van der Waals surface area contributed by atoms with Crippen LogP contribution in [0, 0.1) is 3.57 Å². The van der Waals surface area contributed by atoms with Gasteiger partial charge in [-0.3, -0.25) is 4.79 Å². The van der Waals surface area contributed by atoms with Gasteiger partial charge in [0.05, 0.1) is 17.6 Å². The molecule has 2 rings (SSSR count). The largest absolute Gasteiger partial charge is 0.496 e. The first-order chi connectivity index (χ1) is 10.0. The highest BCUT2D eigenvalue weighted by Crippen LogP contribution is 2.28. The normalized spacial score (nSPS) is 11.8. The number of ether oxygens (including phenoxy) is 1. The van der Waals surface area contributed by atoms with Gasteiger partial charge in [-0.2, -0.15) is 0 Å². The highest BCUT2D eigenvalue weighted by Gasteiger charge is 2.12. The van der Waals surface area contributed by atoms with Gasteiger partial charge in [-0.25, -0.2) is 0 Å². The number of nitrogens with one attached hydrogen (secondary N) is 1. The minimum absolute atomic E-state index is 0.0779. The lowest BCUT2D eigenvalue weighted by molar-refractivity contribution is 0.0940. The summed E-state index contributed by atoms with van der Waals surface area (Å²) < 4.78 is 7.19. The van der Waals surface area contributed by atoms with E-state index in [0.717, 1.165) is 19.4 Å². The summed E-state index contributed by atoms with van der Waals surface area (Å²) in [6.45, 7) is 1.96. The quantitative estimate of drug-likeness (QED) is 0.681. The van der Waals surface area contributed by atoms with Crippen LogP contribution in [0.5, 0.6) is 5.75 Å². The van der Waals surface area contributed by atoms with Gasteiger partial charge < -0.3 is 10.1 Å². The molecule has 0 spiro atoms. The summed E-state index contributed by atoms with van der Waals surface area (Å²) in [6.07, 6.45) is 0. The van der Waals surface area contributed by atoms with E-state index in [4.69, 9.17) is 4.74 Å². The van der Waals surface area contributed by atoms with E-state index in [-0.39, 0.29) is 11.9 Å². The summed E-state index contributed by atoms with van der Waals surface area (Å²) in [4.78, 5) is 12.2. The number of halogens is 2. The molecule has 0 aromatic heterocycles. The van der Waals surface area contributed by atoms with E-state index >= 15 is 0 Å². The third kappa shape index (κ3) is 4.20. The standard InChI is InChI=1S/C16H15BrINO2/c1-10(12-5-8-15(21-2)14(17)9-12)19-16(20)11-3-6-13(18)7-4-11/h3-10H,1-2H3,(H,19,20). The van der Waals surface area contributed by atoms with E-state index in [1.165, 1.54) is 0 Å². The van der Waals surface area contributed by atoms with E-state index in [1.54, 1.807) is 7.11 Å². The van der Waals surface area contributed by atoms with Gasteiger partial charge in [0.1, 0.15) is 5.75 Å². The van der Waals surface area contributed by atoms with Crippen molar-refractivity contribution in [2.75, 3.05) is 7.11 Å². The Hall–Kier alpha value is -1.08. The highest BCUT2D eigenvalue weighted by atomic mass is 127. The zero-order valence-electron chi connectivity index (χ0n) is 11.7. The molecule has 0 saturated carbocycles. The molecule has 1 N–H and O–H groups in total. The summed E-state index contributed by atoms with van der Waals surface area (Å²) in [5.41, 5.74) is 1.68. The Morgan fingerprint density at radius 1 is 1.24 bits per heavy atom. The fourth-order valence-electron chi connectivity index (χ4n) is 1.92. The number of benzene rings is 2. The van der Waals surface area contributed by atoms with E-state index in [2.05, 4.69) is 43.8 Å². The minimum atomic E-state index is -0.0843. The van der Waals surface area contributed by atoms with Crippen LogP contribution < -0.4 is 10.1 Å². The van der Waals surface area contributed by atoms with Gasteiger partial charge >= 0.3 is 0 Å². The van der Waals surface area contributed by atoms with Crippen LogP contribution in [0.1, 0.15) is 28.9 Å². The topological polar surface area (TPSA) is 38.3 Å². The maximum atomic E-state index is 12.2. The average Bonchev–Trinajstić information content (AvgIpc) is 2.47. The molecule has 21 heavy (non-hydrogen) atoms. The molecule has 0 aliphatic rings. The number of hydrogen-bond acceptors (Lipinski definition) is 2.